The Hall–Kier alpha value is 2.12. The summed E-state index contributed by atoms with van der Waals surface area (Å²) in [6.45, 7) is 68.5. The van der Waals surface area contributed by atoms with Crippen LogP contribution < -0.4 is 0 Å². The molecule has 0 unspecified atom stereocenters. The lowest BCUT2D eigenvalue weighted by Gasteiger charge is -2.40. The molecule has 0 aliphatic carbocycles. The summed E-state index contributed by atoms with van der Waals surface area (Å²) >= 11 is 0. The van der Waals surface area contributed by atoms with E-state index in [2.05, 4.69) is 199 Å². The summed E-state index contributed by atoms with van der Waals surface area (Å²) in [6, 6.07) is 15.0. The van der Waals surface area contributed by atoms with Gasteiger partial charge in [-0.1, -0.05) is 128 Å². The molecule has 0 bridgehead atoms. The van der Waals surface area contributed by atoms with Crippen molar-refractivity contribution in [3.05, 3.63) is 0 Å². The van der Waals surface area contributed by atoms with E-state index in [-0.39, 0.29) is 50.5 Å². The molecule has 0 radical (unpaired) electrons. The Balaban J connectivity index is -0.00000124. The zero-order valence-electron chi connectivity index (χ0n) is 63.8. The maximum absolute atomic E-state index is 10.3. The number of hydrogen-bond donors (Lipinski definition) is 6. The van der Waals surface area contributed by atoms with Crippen LogP contribution in [0.4, 0.5) is 0 Å². The largest absolute Gasteiger partial charge is 0.456 e. The summed E-state index contributed by atoms with van der Waals surface area (Å²) in [5.74, 6) is 0. The molecule has 0 aliphatic rings. The second kappa shape index (κ2) is 40.7. The molecule has 0 saturated heterocycles. The molecule has 0 aliphatic heterocycles. The van der Waals surface area contributed by atoms with Gasteiger partial charge in [-0.3, -0.25) is 0 Å². The third kappa shape index (κ3) is 43.8. The van der Waals surface area contributed by atoms with Gasteiger partial charge in [-0.25, -0.2) is 0 Å². The van der Waals surface area contributed by atoms with E-state index >= 15 is 0 Å². The third-order valence-electron chi connectivity index (χ3n) is 18.2. The Labute approximate surface area is 555 Å². The lowest BCUT2D eigenvalue weighted by atomic mass is 9.81. The Kier molecular flexibility index (Phi) is 43.7. The molecule has 0 amide bonds. The van der Waals surface area contributed by atoms with Crippen molar-refractivity contribution in [3.63, 3.8) is 0 Å². The average Bonchev–Trinajstić information content (AvgIpc) is 3.38. The van der Waals surface area contributed by atoms with Crippen LogP contribution in [-0.4, -0.2) is 170 Å². The van der Waals surface area contributed by atoms with Crippen molar-refractivity contribution in [2.75, 3.05) is 39.6 Å². The minimum absolute atomic E-state index is 0.00640. The van der Waals surface area contributed by atoms with Crippen molar-refractivity contribution in [2.24, 2.45) is 16.2 Å². The highest BCUT2D eigenvalue weighted by Gasteiger charge is 2.44. The van der Waals surface area contributed by atoms with Gasteiger partial charge in [-0.15, -0.1) is 0 Å². The summed E-state index contributed by atoms with van der Waals surface area (Å²) < 4.78 is 39.4. The first-order valence-corrected chi connectivity index (χ1v) is 72.5. The Morgan fingerprint density at radius 3 is 0.540 bits per heavy atom. The van der Waals surface area contributed by atoms with E-state index in [1.54, 1.807) is 0 Å². The van der Waals surface area contributed by atoms with Crippen molar-refractivity contribution in [2.45, 2.75) is 348 Å². The maximum Gasteiger partial charge on any atom is 0.314 e. The van der Waals surface area contributed by atoms with Gasteiger partial charge in [0.1, 0.15) is 0 Å². The molecule has 0 spiro atoms. The van der Waals surface area contributed by atoms with E-state index in [4.69, 9.17) is 24.7 Å². The first kappa shape index (κ1) is 93.3. The lowest BCUT2D eigenvalue weighted by molar-refractivity contribution is 0.0377. The first-order chi connectivity index (χ1) is 39.2. The summed E-state index contributed by atoms with van der Waals surface area (Å²) in [7, 11) is -20.1. The average molecular weight is 1440 g/mol. The van der Waals surface area contributed by atoms with Gasteiger partial charge >= 0.3 is 17.1 Å². The number of aliphatic hydroxyl groups excluding tert-OH is 6. The molecule has 24 heteroatoms. The fraction of sp³-hybridized carbons (Fsp3) is 1.00. The number of hydrogen-bond acceptors (Lipinski definition) is 12. The molecule has 0 heterocycles. The molecular weight excluding hydrogens is 1290 g/mol. The van der Waals surface area contributed by atoms with Crippen LogP contribution in [0.5, 0.6) is 0 Å². The monoisotopic (exact) mass is 1440 g/mol. The predicted molar refractivity (Wildman–Crippen MR) is 413 cm³/mol. The fourth-order valence-electron chi connectivity index (χ4n) is 13.7. The summed E-state index contributed by atoms with van der Waals surface area (Å²) in [6.07, 6.45) is 11.5. The highest BCUT2D eigenvalue weighted by atomic mass is 28.5. The minimum atomic E-state index is -2.32. The summed E-state index contributed by atoms with van der Waals surface area (Å²) in [5, 5.41) is 60.8. The van der Waals surface area contributed by atoms with Crippen LogP contribution >= 0.6 is 0 Å². The molecule has 0 aromatic heterocycles. The molecular formula is C63H156O12Si12. The standard InChI is InChI=1S/C23H60O6Si6.C21H48O2Si2.C19H48O4Si4/c1-30(2,3)26-34(13,27-31(4,5)6)19-15-17-23(21-24,22-25)18-16-20-35(14,28-32(7,8)9)29-33(10,11)12;1-7-24(8-2,9-3)17-13-15-21(19-22,20-23)16-14-18-25(10-4,11-5)12-6;1-24(2,3)22-26(7,8)15-11-13-19(17-20,18-21)14-12-16-27(9,10)23-25(4,5)6/h24-25H,15-22H2,1-14H3;22-23H,7-20H2,1-6H3;20-21H,11-18H2,1-10H3. The Morgan fingerprint density at radius 1 is 0.230 bits per heavy atom. The normalized spacial score (nSPS) is 14.5. The quantitative estimate of drug-likeness (QED) is 0.0318. The van der Waals surface area contributed by atoms with Gasteiger partial charge in [-0.2, -0.15) is 0 Å². The van der Waals surface area contributed by atoms with Gasteiger partial charge in [0, 0.05) is 16.2 Å². The summed E-state index contributed by atoms with van der Waals surface area (Å²) in [4.78, 5) is 0. The fourth-order valence-corrected chi connectivity index (χ4v) is 61.8. The third-order valence-corrected chi connectivity index (χ3v) is 61.7. The highest BCUT2D eigenvalue weighted by molar-refractivity contribution is 6.89. The number of rotatable bonds is 48. The molecule has 0 atom stereocenters. The van der Waals surface area contributed by atoms with E-state index in [1.165, 1.54) is 61.2 Å². The minimum Gasteiger partial charge on any atom is -0.456 e. The molecule has 0 fully saturated rings. The van der Waals surface area contributed by atoms with Gasteiger partial charge in [0.2, 0.25) is 0 Å². The van der Waals surface area contributed by atoms with E-state index in [0.717, 1.165) is 88.4 Å². The topological polar surface area (TPSA) is 177 Å². The zero-order chi connectivity index (χ0) is 69.0. The van der Waals surface area contributed by atoms with E-state index < -0.39 is 105 Å². The Morgan fingerprint density at radius 2 is 0.391 bits per heavy atom. The van der Waals surface area contributed by atoms with Gasteiger partial charge in [0.15, 0.2) is 66.5 Å². The van der Waals surface area contributed by atoms with E-state index in [1.807, 2.05) is 0 Å². The van der Waals surface area contributed by atoms with Gasteiger partial charge in [0.25, 0.3) is 0 Å². The van der Waals surface area contributed by atoms with Crippen LogP contribution in [0, 0.1) is 16.2 Å². The van der Waals surface area contributed by atoms with Crippen LogP contribution in [0.25, 0.3) is 0 Å². The molecule has 87 heavy (non-hydrogen) atoms. The van der Waals surface area contributed by atoms with Crippen LogP contribution in [0.3, 0.4) is 0 Å². The summed E-state index contributed by atoms with van der Waals surface area (Å²) in [5.41, 5.74) is -1.07. The van der Waals surface area contributed by atoms with Crippen LogP contribution in [0.1, 0.15) is 119 Å². The lowest BCUT2D eigenvalue weighted by Crippen LogP contribution is -2.52. The van der Waals surface area contributed by atoms with Crippen LogP contribution in [0.2, 0.25) is 230 Å². The first-order valence-electron chi connectivity index (χ1n) is 35.1. The molecule has 6 N–H and O–H groups in total. The highest BCUT2D eigenvalue weighted by Crippen LogP contribution is 2.39. The molecule has 0 aromatic rings. The van der Waals surface area contributed by atoms with Crippen molar-refractivity contribution in [1.82, 2.24) is 0 Å². The molecule has 528 valence electrons. The van der Waals surface area contributed by atoms with E-state index in [9.17, 15) is 30.6 Å². The molecule has 0 aromatic carbocycles. The molecule has 12 nitrogen and oxygen atoms in total. The smallest absolute Gasteiger partial charge is 0.314 e. The molecule has 0 rings (SSSR count). The SMILES string of the molecule is CC[Si](CC)(CC)CCCC(CO)(CO)CCC[Si](CC)(CC)CC.C[Si](C)(C)O[Si](C)(C)CCCC(CO)(CO)CCC[Si](C)(C)O[Si](C)(C)C.C[Si](C)(C)O[Si](C)(CCCC(CO)(CO)CCC[Si](C)(O[Si](C)(C)C)O[Si](C)(C)C)O[Si](C)(C)C. The second-order valence-electron chi connectivity index (χ2n) is 34.8. The van der Waals surface area contributed by atoms with Crippen molar-refractivity contribution < 1.29 is 55.3 Å². The van der Waals surface area contributed by atoms with E-state index in [0.29, 0.717) is 0 Å². The Bertz CT molecular complexity index is 1590. The van der Waals surface area contributed by atoms with Gasteiger partial charge in [0.05, 0.1) is 55.8 Å². The van der Waals surface area contributed by atoms with Gasteiger partial charge < -0.3 is 55.3 Å². The zero-order valence-corrected chi connectivity index (χ0v) is 75.8. The van der Waals surface area contributed by atoms with Crippen molar-refractivity contribution in [3.8, 4) is 0 Å². The van der Waals surface area contributed by atoms with Crippen LogP contribution in [-0.2, 0) is 24.7 Å². The molecule has 0 saturated carbocycles. The second-order valence-corrected chi connectivity index (χ2v) is 89.8. The van der Waals surface area contributed by atoms with Crippen molar-refractivity contribution in [1.29, 1.82) is 0 Å². The van der Waals surface area contributed by atoms with Crippen molar-refractivity contribution >= 4 is 99.8 Å². The van der Waals surface area contributed by atoms with Crippen LogP contribution in [0.15, 0.2) is 0 Å². The maximum atomic E-state index is 10.3. The van der Waals surface area contributed by atoms with Gasteiger partial charge in [-0.05, 0) is 220 Å². The number of aliphatic hydroxyl groups is 6. The predicted octanol–water partition coefficient (Wildman–Crippen LogP) is 19.2.